The molecular weight excluding hydrogens is 476 g/mol. The summed E-state index contributed by atoms with van der Waals surface area (Å²) in [6.45, 7) is 9.77. The lowest BCUT2D eigenvalue weighted by Crippen LogP contribution is -2.55. The Morgan fingerprint density at radius 3 is 2.46 bits per heavy atom. The van der Waals surface area contributed by atoms with E-state index in [1.807, 2.05) is 37.3 Å². The monoisotopic (exact) mass is 508 g/mol. The van der Waals surface area contributed by atoms with Gasteiger partial charge in [-0.05, 0) is 20.8 Å². The number of hydrogen-bond donors (Lipinski definition) is 0. The summed E-state index contributed by atoms with van der Waals surface area (Å²) in [5.41, 5.74) is 0.991. The topological polar surface area (TPSA) is 119 Å². The van der Waals surface area contributed by atoms with Gasteiger partial charge in [-0.3, -0.25) is 14.4 Å². The van der Waals surface area contributed by atoms with Gasteiger partial charge in [0.1, 0.15) is 17.9 Å². The molecule has 0 spiro atoms. The van der Waals surface area contributed by atoms with Crippen molar-refractivity contribution in [2.45, 2.75) is 39.7 Å². The molecule has 37 heavy (non-hydrogen) atoms. The molecule has 2 amide bonds. The fourth-order valence-electron chi connectivity index (χ4n) is 4.14. The van der Waals surface area contributed by atoms with Crippen molar-refractivity contribution in [2.75, 3.05) is 32.8 Å². The van der Waals surface area contributed by atoms with Crippen LogP contribution < -0.4 is 0 Å². The normalized spacial score (nSPS) is 15.2. The van der Waals surface area contributed by atoms with E-state index in [1.165, 1.54) is 6.08 Å². The number of aryl methyl sites for hydroxylation is 1. The van der Waals surface area contributed by atoms with Gasteiger partial charge in [0, 0.05) is 37.7 Å². The summed E-state index contributed by atoms with van der Waals surface area (Å²) in [6.07, 6.45) is 1.49. The Morgan fingerprint density at radius 1 is 1.08 bits per heavy atom. The highest BCUT2D eigenvalue weighted by Crippen LogP contribution is 2.23. The van der Waals surface area contributed by atoms with Crippen molar-refractivity contribution in [3.8, 4) is 11.4 Å². The molecule has 2 heterocycles. The van der Waals surface area contributed by atoms with Crippen LogP contribution in [0.5, 0.6) is 0 Å². The molecule has 1 saturated heterocycles. The van der Waals surface area contributed by atoms with E-state index < -0.39 is 17.8 Å². The highest BCUT2D eigenvalue weighted by atomic mass is 16.5. The molecule has 1 aromatic heterocycles. The maximum atomic E-state index is 13.7. The van der Waals surface area contributed by atoms with Crippen molar-refractivity contribution < 1.29 is 28.7 Å². The van der Waals surface area contributed by atoms with E-state index in [0.717, 1.165) is 0 Å². The third kappa shape index (κ3) is 6.78. The van der Waals surface area contributed by atoms with Gasteiger partial charge in [-0.2, -0.15) is 0 Å². The molecule has 0 aliphatic carbocycles. The molecule has 1 aliphatic rings. The smallest absolute Gasteiger partial charge is 0.342 e. The summed E-state index contributed by atoms with van der Waals surface area (Å²) in [5.74, 6) is -1.42. The zero-order valence-corrected chi connectivity index (χ0v) is 21.4. The van der Waals surface area contributed by atoms with Crippen LogP contribution in [0.15, 0.2) is 43.0 Å². The zero-order valence-electron chi connectivity index (χ0n) is 21.4. The largest absolute Gasteiger partial charge is 0.466 e. The van der Waals surface area contributed by atoms with Crippen LogP contribution in [0, 0.1) is 6.92 Å². The molecular formula is C27H32N4O6. The second-order valence-corrected chi connectivity index (χ2v) is 8.60. The Kier molecular flexibility index (Phi) is 9.48. The first-order chi connectivity index (χ1) is 17.8. The minimum Gasteiger partial charge on any atom is -0.466 e. The molecule has 0 bridgehead atoms. The average molecular weight is 509 g/mol. The number of ether oxygens (including phenoxy) is 2. The highest BCUT2D eigenvalue weighted by molar-refractivity contribution is 6.05. The molecule has 0 saturated carbocycles. The average Bonchev–Trinajstić information content (AvgIpc) is 2.90. The van der Waals surface area contributed by atoms with Gasteiger partial charge in [0.25, 0.3) is 5.91 Å². The molecule has 10 nitrogen and oxygen atoms in total. The fraction of sp³-hybridized carbons (Fsp3) is 0.407. The van der Waals surface area contributed by atoms with Gasteiger partial charge < -0.3 is 19.3 Å². The van der Waals surface area contributed by atoms with Crippen molar-refractivity contribution in [1.82, 2.24) is 19.8 Å². The summed E-state index contributed by atoms with van der Waals surface area (Å²) in [4.78, 5) is 63.0. The van der Waals surface area contributed by atoms with E-state index in [-0.39, 0.29) is 62.4 Å². The molecule has 3 rings (SSSR count). The number of rotatable bonds is 9. The summed E-state index contributed by atoms with van der Waals surface area (Å²) < 4.78 is 10.1. The molecule has 2 aromatic rings. The van der Waals surface area contributed by atoms with Gasteiger partial charge in [0.05, 0.1) is 18.7 Å². The fourth-order valence-corrected chi connectivity index (χ4v) is 4.14. The van der Waals surface area contributed by atoms with Crippen LogP contribution in [-0.4, -0.2) is 82.4 Å². The van der Waals surface area contributed by atoms with Gasteiger partial charge in [0.15, 0.2) is 5.82 Å². The van der Waals surface area contributed by atoms with Gasteiger partial charge >= 0.3 is 11.9 Å². The van der Waals surface area contributed by atoms with Gasteiger partial charge in [-0.1, -0.05) is 43.0 Å². The Bertz CT molecular complexity index is 1170. The van der Waals surface area contributed by atoms with Crippen molar-refractivity contribution in [2.24, 2.45) is 0 Å². The molecule has 0 radical (unpaired) electrons. The third-order valence-corrected chi connectivity index (χ3v) is 5.94. The van der Waals surface area contributed by atoms with Crippen LogP contribution in [0.25, 0.3) is 11.4 Å². The highest BCUT2D eigenvalue weighted by Gasteiger charge is 2.34. The minimum atomic E-state index is -0.707. The van der Waals surface area contributed by atoms with Gasteiger partial charge in [0.2, 0.25) is 5.91 Å². The molecule has 10 heteroatoms. The summed E-state index contributed by atoms with van der Waals surface area (Å²) in [5, 5.41) is 0. The standard InChI is InChI=1S/C27H32N4O6/c1-5-16-37-27(35)23-19(4)28-25(20-10-8-7-9-11-20)29-24(23)26(34)30-14-15-31(18(3)17-30)21(32)12-13-22(33)36-6-2/h5,7-11,18H,1,6,12-17H2,2-4H3. The maximum Gasteiger partial charge on any atom is 0.342 e. The SMILES string of the molecule is C=CCOC(=O)c1c(C)nc(-c2ccccc2)nc1C(=O)N1CCN(C(=O)CCC(=O)OCC)C(C)C1. The lowest BCUT2D eigenvalue weighted by atomic mass is 10.1. The number of esters is 2. The van der Waals surface area contributed by atoms with Crippen molar-refractivity contribution in [1.29, 1.82) is 0 Å². The second kappa shape index (κ2) is 12.8. The molecule has 1 fully saturated rings. The quantitative estimate of drug-likeness (QED) is 0.375. The van der Waals surface area contributed by atoms with Gasteiger partial charge in [-0.25, -0.2) is 14.8 Å². The Labute approximate surface area is 216 Å². The van der Waals surface area contributed by atoms with E-state index in [4.69, 9.17) is 9.47 Å². The van der Waals surface area contributed by atoms with Crippen LogP contribution in [0.4, 0.5) is 0 Å². The number of carbonyl (C=O) groups is 4. The predicted molar refractivity (Wildman–Crippen MR) is 136 cm³/mol. The molecule has 1 atom stereocenters. The number of piperazine rings is 1. The molecule has 0 N–H and O–H groups in total. The van der Waals surface area contributed by atoms with E-state index in [2.05, 4.69) is 16.5 Å². The number of aromatic nitrogens is 2. The first-order valence-corrected chi connectivity index (χ1v) is 12.2. The zero-order chi connectivity index (χ0) is 26.9. The van der Waals surface area contributed by atoms with Crippen LogP contribution in [0.1, 0.15) is 53.2 Å². The Hall–Kier alpha value is -4.08. The van der Waals surface area contributed by atoms with E-state index in [0.29, 0.717) is 23.6 Å². The Balaban J connectivity index is 1.84. The number of amides is 2. The van der Waals surface area contributed by atoms with Gasteiger partial charge in [-0.15, -0.1) is 0 Å². The molecule has 1 aliphatic heterocycles. The van der Waals surface area contributed by atoms with E-state index in [9.17, 15) is 19.2 Å². The first-order valence-electron chi connectivity index (χ1n) is 12.2. The van der Waals surface area contributed by atoms with E-state index in [1.54, 1.807) is 23.6 Å². The lowest BCUT2D eigenvalue weighted by Gasteiger charge is -2.40. The molecule has 196 valence electrons. The summed E-state index contributed by atoms with van der Waals surface area (Å²) in [6, 6.07) is 8.88. The van der Waals surface area contributed by atoms with Crippen molar-refractivity contribution in [3.05, 3.63) is 59.9 Å². The number of carbonyl (C=O) groups excluding carboxylic acids is 4. The van der Waals surface area contributed by atoms with E-state index >= 15 is 0 Å². The second-order valence-electron chi connectivity index (χ2n) is 8.60. The maximum absolute atomic E-state index is 13.7. The first kappa shape index (κ1) is 27.5. The molecule has 1 unspecified atom stereocenters. The summed E-state index contributed by atoms with van der Waals surface area (Å²) >= 11 is 0. The predicted octanol–water partition coefficient (Wildman–Crippen LogP) is 2.81. The number of nitrogens with zero attached hydrogens (tertiary/aromatic N) is 4. The van der Waals surface area contributed by atoms with Crippen LogP contribution in [-0.2, 0) is 19.1 Å². The number of benzene rings is 1. The van der Waals surface area contributed by atoms with Crippen LogP contribution in [0.3, 0.4) is 0 Å². The number of hydrogen-bond acceptors (Lipinski definition) is 8. The van der Waals surface area contributed by atoms with Crippen molar-refractivity contribution >= 4 is 23.8 Å². The lowest BCUT2D eigenvalue weighted by molar-refractivity contribution is -0.146. The minimum absolute atomic E-state index is 0.00660. The molecule has 1 aromatic carbocycles. The Morgan fingerprint density at radius 2 is 1.81 bits per heavy atom. The van der Waals surface area contributed by atoms with Crippen molar-refractivity contribution in [3.63, 3.8) is 0 Å². The van der Waals surface area contributed by atoms with Crippen LogP contribution >= 0.6 is 0 Å². The third-order valence-electron chi connectivity index (χ3n) is 5.94. The van der Waals surface area contributed by atoms with Crippen LogP contribution in [0.2, 0.25) is 0 Å². The summed E-state index contributed by atoms with van der Waals surface area (Å²) in [7, 11) is 0.